The van der Waals surface area contributed by atoms with Crippen LogP contribution in [0.4, 0.5) is 16.5 Å². The molecule has 1 atom stereocenters. The maximum Gasteiger partial charge on any atom is 0.263 e. The van der Waals surface area contributed by atoms with Gasteiger partial charge in [0, 0.05) is 44.5 Å². The normalized spacial score (nSPS) is 18.2. The zero-order valence-corrected chi connectivity index (χ0v) is 19.0. The first-order valence-electron chi connectivity index (χ1n) is 10.2. The second-order valence-electron chi connectivity index (χ2n) is 7.63. The Morgan fingerprint density at radius 1 is 1.19 bits per heavy atom. The lowest BCUT2D eigenvalue weighted by Gasteiger charge is -2.26. The number of methoxy groups -OCH3 is 1. The second kappa shape index (κ2) is 8.10. The van der Waals surface area contributed by atoms with E-state index in [0.29, 0.717) is 23.8 Å². The third-order valence-corrected chi connectivity index (χ3v) is 8.08. The average Bonchev–Trinajstić information content (AvgIpc) is 3.53. The first-order valence-corrected chi connectivity index (χ1v) is 12.6. The monoisotopic (exact) mass is 474 g/mol. The van der Waals surface area contributed by atoms with Gasteiger partial charge < -0.3 is 14.5 Å². The van der Waals surface area contributed by atoms with Gasteiger partial charge in [-0.3, -0.25) is 9.52 Å². The topological polar surface area (TPSA) is 91.8 Å². The lowest BCUT2D eigenvalue weighted by molar-refractivity contribution is -0.118. The van der Waals surface area contributed by atoms with Gasteiger partial charge in [0.2, 0.25) is 5.91 Å². The summed E-state index contributed by atoms with van der Waals surface area (Å²) in [6, 6.07) is 12.1. The minimum absolute atomic E-state index is 0. The smallest absolute Gasteiger partial charge is 0.263 e. The largest absolute Gasteiger partial charge is 0.496 e. The van der Waals surface area contributed by atoms with Crippen molar-refractivity contribution in [2.45, 2.75) is 23.8 Å². The molecule has 2 aromatic carbocycles. The zero-order valence-electron chi connectivity index (χ0n) is 17.4. The van der Waals surface area contributed by atoms with Crippen LogP contribution >= 0.6 is 11.3 Å². The number of nitrogens with zero attached hydrogens (tertiary/aromatic N) is 3. The van der Waals surface area contributed by atoms with Crippen molar-refractivity contribution < 1.29 is 20.8 Å². The zero-order chi connectivity index (χ0) is 22.3. The van der Waals surface area contributed by atoms with Crippen LogP contribution in [0, 0.1) is 0 Å². The minimum Gasteiger partial charge on any atom is -0.496 e. The highest BCUT2D eigenvalue weighted by molar-refractivity contribution is 7.93. The van der Waals surface area contributed by atoms with Crippen LogP contribution in [0.5, 0.6) is 5.75 Å². The Kier molecular flexibility index (Phi) is 5.26. The van der Waals surface area contributed by atoms with E-state index in [1.54, 1.807) is 29.5 Å². The third kappa shape index (κ3) is 3.59. The fourth-order valence-electron chi connectivity index (χ4n) is 4.41. The van der Waals surface area contributed by atoms with Gasteiger partial charge in [-0.1, -0.05) is 6.07 Å². The fourth-order valence-corrected chi connectivity index (χ4v) is 6.19. The van der Waals surface area contributed by atoms with Gasteiger partial charge in [-0.25, -0.2) is 13.4 Å². The van der Waals surface area contributed by atoms with Crippen molar-refractivity contribution in [2.24, 2.45) is 0 Å². The first-order chi connectivity index (χ1) is 15.5. The fraction of sp³-hybridized carbons (Fsp3) is 0.273. The van der Waals surface area contributed by atoms with E-state index in [1.165, 1.54) is 29.7 Å². The molecule has 1 saturated heterocycles. The number of rotatable bonds is 6. The highest BCUT2D eigenvalue weighted by Crippen LogP contribution is 2.38. The first kappa shape index (κ1) is 20.8. The molecule has 0 aliphatic carbocycles. The molecule has 8 nitrogen and oxygen atoms in total. The molecule has 0 saturated carbocycles. The maximum absolute atomic E-state index is 13.3. The number of carbonyl (C=O) groups is 1. The standard InChI is InChI=1S/C22H22N4O4S2.2H2/c1-30-20-4-2-3-18-17(20)9-12-26(18)19-10-13-25(21(19)27)15-5-7-16(8-6-15)32(28,29)24-22-23-11-14-31-22;;/h2-8,11,14,19H,9-10,12-13H2,1H3,(H,23,24);2*1H/t19-;;/m0../s1. The van der Waals surface area contributed by atoms with Crippen LogP contribution in [0.3, 0.4) is 0 Å². The van der Waals surface area contributed by atoms with Crippen LogP contribution in [0.25, 0.3) is 0 Å². The minimum atomic E-state index is -3.73. The van der Waals surface area contributed by atoms with Crippen molar-refractivity contribution in [3.63, 3.8) is 0 Å². The number of thiazole rings is 1. The molecular formula is C22H26N4O4S2. The van der Waals surface area contributed by atoms with E-state index < -0.39 is 10.0 Å². The van der Waals surface area contributed by atoms with E-state index in [1.807, 2.05) is 18.2 Å². The van der Waals surface area contributed by atoms with Crippen LogP contribution in [-0.2, 0) is 21.2 Å². The Balaban J connectivity index is 0.00000162. The molecule has 0 unspecified atom stereocenters. The maximum atomic E-state index is 13.3. The van der Waals surface area contributed by atoms with Gasteiger partial charge in [0.1, 0.15) is 11.8 Å². The molecule has 0 spiro atoms. The van der Waals surface area contributed by atoms with E-state index in [-0.39, 0.29) is 19.7 Å². The molecule has 32 heavy (non-hydrogen) atoms. The molecule has 1 N–H and O–H groups in total. The average molecular weight is 475 g/mol. The van der Waals surface area contributed by atoms with Crippen LogP contribution in [0.2, 0.25) is 0 Å². The van der Waals surface area contributed by atoms with Gasteiger partial charge >= 0.3 is 0 Å². The van der Waals surface area contributed by atoms with Gasteiger partial charge in [0.05, 0.1) is 12.0 Å². The number of nitrogens with one attached hydrogen (secondary N) is 1. The van der Waals surface area contributed by atoms with E-state index in [2.05, 4.69) is 14.6 Å². The van der Waals surface area contributed by atoms with Gasteiger partial charge in [0.25, 0.3) is 10.0 Å². The van der Waals surface area contributed by atoms with Gasteiger partial charge in [-0.2, -0.15) is 0 Å². The van der Waals surface area contributed by atoms with Crippen LogP contribution in [0.1, 0.15) is 14.8 Å². The molecule has 0 bridgehead atoms. The van der Waals surface area contributed by atoms with Crippen molar-refractivity contribution in [1.29, 1.82) is 0 Å². The number of fused-ring (bicyclic) bond motifs is 1. The Morgan fingerprint density at radius 2 is 2.00 bits per heavy atom. The van der Waals surface area contributed by atoms with Gasteiger partial charge in [0.15, 0.2) is 5.13 Å². The molecule has 1 fully saturated rings. The van der Waals surface area contributed by atoms with E-state index >= 15 is 0 Å². The SMILES string of the molecule is COc1cccc2c1CCN2[C@H]1CCN(c2ccc(S(=O)(=O)Nc3nccs3)cc2)C1=O.[HH].[HH]. The van der Waals surface area contributed by atoms with E-state index in [4.69, 9.17) is 4.74 Å². The van der Waals surface area contributed by atoms with Crippen molar-refractivity contribution in [2.75, 3.05) is 34.7 Å². The number of amides is 1. The molecule has 2 aliphatic heterocycles. The van der Waals surface area contributed by atoms with Crippen molar-refractivity contribution >= 4 is 43.8 Å². The van der Waals surface area contributed by atoms with Gasteiger partial charge in [-0.15, -0.1) is 11.3 Å². The Hall–Kier alpha value is -3.11. The summed E-state index contributed by atoms with van der Waals surface area (Å²) in [4.78, 5) is 21.2. The Morgan fingerprint density at radius 3 is 2.72 bits per heavy atom. The number of anilines is 3. The summed E-state index contributed by atoms with van der Waals surface area (Å²) in [6.07, 6.45) is 3.10. The molecule has 3 heterocycles. The van der Waals surface area contributed by atoms with Gasteiger partial charge in [-0.05, 0) is 49.2 Å². The van der Waals surface area contributed by atoms with Crippen LogP contribution in [-0.4, -0.2) is 45.6 Å². The summed E-state index contributed by atoms with van der Waals surface area (Å²) < 4.78 is 33.0. The molecule has 0 radical (unpaired) electrons. The molecule has 170 valence electrons. The Bertz CT molecular complexity index is 1250. The van der Waals surface area contributed by atoms with Crippen LogP contribution in [0.15, 0.2) is 58.9 Å². The van der Waals surface area contributed by atoms with E-state index in [9.17, 15) is 13.2 Å². The predicted octanol–water partition coefficient (Wildman–Crippen LogP) is 3.61. The summed E-state index contributed by atoms with van der Waals surface area (Å²) in [7, 11) is -2.06. The Labute approximate surface area is 193 Å². The number of benzene rings is 2. The lowest BCUT2D eigenvalue weighted by Crippen LogP contribution is -2.41. The van der Waals surface area contributed by atoms with E-state index in [0.717, 1.165) is 30.0 Å². The highest BCUT2D eigenvalue weighted by atomic mass is 32.2. The summed E-state index contributed by atoms with van der Waals surface area (Å²) in [5, 5.41) is 2.01. The number of aromatic nitrogens is 1. The highest BCUT2D eigenvalue weighted by Gasteiger charge is 2.39. The number of ether oxygens (including phenoxy) is 1. The lowest BCUT2D eigenvalue weighted by atomic mass is 10.1. The van der Waals surface area contributed by atoms with Crippen LogP contribution < -0.4 is 19.3 Å². The summed E-state index contributed by atoms with van der Waals surface area (Å²) in [5.74, 6) is 0.882. The van der Waals surface area contributed by atoms with Crippen molar-refractivity contribution in [3.05, 3.63) is 59.6 Å². The molecule has 2 aliphatic rings. The van der Waals surface area contributed by atoms with Crippen molar-refractivity contribution in [1.82, 2.24) is 4.98 Å². The molecule has 10 heteroatoms. The molecule has 3 aromatic rings. The number of sulfonamides is 1. The molecule has 1 aromatic heterocycles. The third-order valence-electron chi connectivity index (χ3n) is 5.91. The molecular weight excluding hydrogens is 448 g/mol. The summed E-state index contributed by atoms with van der Waals surface area (Å²) >= 11 is 1.21. The number of hydrogen-bond acceptors (Lipinski definition) is 7. The molecule has 1 amide bonds. The second-order valence-corrected chi connectivity index (χ2v) is 10.2. The molecule has 5 rings (SSSR count). The summed E-state index contributed by atoms with van der Waals surface area (Å²) in [6.45, 7) is 1.36. The summed E-state index contributed by atoms with van der Waals surface area (Å²) in [5.41, 5.74) is 2.89. The number of hydrogen-bond donors (Lipinski definition) is 1. The van der Waals surface area contributed by atoms with Crippen molar-refractivity contribution in [3.8, 4) is 5.75 Å². The quantitative estimate of drug-likeness (QED) is 0.587. The predicted molar refractivity (Wildman–Crippen MR) is 128 cm³/mol. The number of carbonyl (C=O) groups excluding carboxylic acids is 1.